The second-order valence-electron chi connectivity index (χ2n) is 6.59. The molecule has 23 heavy (non-hydrogen) atoms. The Balaban J connectivity index is 0.00000192. The van der Waals surface area contributed by atoms with E-state index in [-0.39, 0.29) is 18.3 Å². The molecule has 0 aromatic heterocycles. The number of hydrogen-bond donors (Lipinski definition) is 1. The molecule has 1 N–H and O–H groups in total. The minimum absolute atomic E-state index is 0. The van der Waals surface area contributed by atoms with Crippen molar-refractivity contribution in [2.75, 3.05) is 13.7 Å². The molecule has 0 spiro atoms. The normalized spacial score (nSPS) is 25.6. The van der Waals surface area contributed by atoms with Crippen LogP contribution in [0, 0.1) is 6.92 Å². The third-order valence-corrected chi connectivity index (χ3v) is 5.05. The monoisotopic (exact) mass is 338 g/mol. The van der Waals surface area contributed by atoms with Crippen LogP contribution < -0.4 is 10.1 Å². The van der Waals surface area contributed by atoms with Gasteiger partial charge in [0.15, 0.2) is 0 Å². The number of aryl methyl sites for hydroxylation is 1. The van der Waals surface area contributed by atoms with Crippen molar-refractivity contribution in [3.8, 4) is 5.75 Å². The quantitative estimate of drug-likeness (QED) is 0.916. The maximum Gasteiger partial charge on any atom is 0.253 e. The molecule has 0 aliphatic carbocycles. The first-order valence-corrected chi connectivity index (χ1v) is 8.35. The maximum atomic E-state index is 12.8. The van der Waals surface area contributed by atoms with Gasteiger partial charge in [0.2, 0.25) is 0 Å². The molecule has 2 heterocycles. The summed E-state index contributed by atoms with van der Waals surface area (Å²) >= 11 is 0. The molecule has 0 radical (unpaired) electrons. The summed E-state index contributed by atoms with van der Waals surface area (Å²) in [5.41, 5.74) is 1.79. The number of amides is 1. The van der Waals surface area contributed by atoms with Crippen molar-refractivity contribution in [2.24, 2.45) is 0 Å². The molecule has 2 fully saturated rings. The molecule has 2 bridgehead atoms. The van der Waals surface area contributed by atoms with Gasteiger partial charge in [0.05, 0.1) is 6.61 Å². The van der Waals surface area contributed by atoms with E-state index in [0.29, 0.717) is 24.7 Å². The smallest absolute Gasteiger partial charge is 0.253 e. The van der Waals surface area contributed by atoms with Gasteiger partial charge in [-0.15, -0.1) is 12.4 Å². The van der Waals surface area contributed by atoms with Gasteiger partial charge >= 0.3 is 0 Å². The molecule has 2 aliphatic rings. The number of fused-ring (bicyclic) bond motifs is 2. The fourth-order valence-corrected chi connectivity index (χ4v) is 3.76. The fourth-order valence-electron chi connectivity index (χ4n) is 3.76. The number of carbonyl (C=O) groups is 1. The molecule has 2 aliphatic heterocycles. The van der Waals surface area contributed by atoms with Crippen molar-refractivity contribution in [3.63, 3.8) is 0 Å². The number of ether oxygens (including phenoxy) is 1. The zero-order valence-corrected chi connectivity index (χ0v) is 15.0. The molecule has 4 nitrogen and oxygen atoms in total. The molecule has 0 saturated carbocycles. The van der Waals surface area contributed by atoms with Gasteiger partial charge in [0, 0.05) is 30.7 Å². The van der Waals surface area contributed by atoms with Crippen molar-refractivity contribution in [2.45, 2.75) is 57.7 Å². The standard InChI is InChI=1S/C18H26N2O2.ClH/c1-4-22-17-9-13(6-5-12(17)2)18(21)20(3)16-10-14-7-8-15(11-16)19-14;/h5-6,9,14-16,19H,4,7-8,10-11H2,1-3H3;1H. The van der Waals surface area contributed by atoms with Crippen LogP contribution in [0.2, 0.25) is 0 Å². The van der Waals surface area contributed by atoms with Crippen molar-refractivity contribution in [1.29, 1.82) is 0 Å². The summed E-state index contributed by atoms with van der Waals surface area (Å²) < 4.78 is 5.62. The van der Waals surface area contributed by atoms with E-state index >= 15 is 0 Å². The van der Waals surface area contributed by atoms with E-state index in [4.69, 9.17) is 4.74 Å². The Hall–Kier alpha value is -1.26. The number of hydrogen-bond acceptors (Lipinski definition) is 3. The molecule has 1 aromatic rings. The van der Waals surface area contributed by atoms with E-state index in [1.165, 1.54) is 12.8 Å². The molecule has 2 saturated heterocycles. The molecule has 1 aromatic carbocycles. The third-order valence-electron chi connectivity index (χ3n) is 5.05. The highest BCUT2D eigenvalue weighted by Crippen LogP contribution is 2.30. The van der Waals surface area contributed by atoms with E-state index in [1.807, 2.05) is 44.0 Å². The summed E-state index contributed by atoms with van der Waals surface area (Å²) in [6.45, 7) is 4.59. The fraction of sp³-hybridized carbons (Fsp3) is 0.611. The Morgan fingerprint density at radius 3 is 2.57 bits per heavy atom. The summed E-state index contributed by atoms with van der Waals surface area (Å²) in [6.07, 6.45) is 4.65. The zero-order chi connectivity index (χ0) is 15.7. The van der Waals surface area contributed by atoms with E-state index in [1.54, 1.807) is 0 Å². The molecule has 128 valence electrons. The number of rotatable bonds is 4. The number of halogens is 1. The third kappa shape index (κ3) is 3.81. The molecule has 2 atom stereocenters. The lowest BCUT2D eigenvalue weighted by Crippen LogP contribution is -2.48. The summed E-state index contributed by atoms with van der Waals surface area (Å²) in [6, 6.07) is 7.30. The van der Waals surface area contributed by atoms with Crippen molar-refractivity contribution >= 4 is 18.3 Å². The van der Waals surface area contributed by atoms with Crippen LogP contribution in [0.5, 0.6) is 5.75 Å². The number of nitrogens with one attached hydrogen (secondary N) is 1. The lowest BCUT2D eigenvalue weighted by atomic mass is 9.98. The van der Waals surface area contributed by atoms with Crippen LogP contribution in [0.25, 0.3) is 0 Å². The van der Waals surface area contributed by atoms with Crippen molar-refractivity contribution in [1.82, 2.24) is 10.2 Å². The zero-order valence-electron chi connectivity index (χ0n) is 14.2. The van der Waals surface area contributed by atoms with Gasteiger partial charge in [-0.3, -0.25) is 4.79 Å². The van der Waals surface area contributed by atoms with Crippen molar-refractivity contribution in [3.05, 3.63) is 29.3 Å². The number of piperidine rings is 1. The highest BCUT2D eigenvalue weighted by atomic mass is 35.5. The Morgan fingerprint density at radius 1 is 1.30 bits per heavy atom. The average Bonchev–Trinajstić information content (AvgIpc) is 2.86. The van der Waals surface area contributed by atoms with Crippen LogP contribution in [0.15, 0.2) is 18.2 Å². The molecular weight excluding hydrogens is 312 g/mol. The predicted molar refractivity (Wildman–Crippen MR) is 94.7 cm³/mol. The summed E-state index contributed by atoms with van der Waals surface area (Å²) in [5.74, 6) is 0.916. The van der Waals surface area contributed by atoms with Gasteiger partial charge in [-0.05, 0) is 57.2 Å². The minimum atomic E-state index is 0. The second-order valence-corrected chi connectivity index (χ2v) is 6.59. The van der Waals surface area contributed by atoms with E-state index in [9.17, 15) is 4.79 Å². The number of nitrogens with zero attached hydrogens (tertiary/aromatic N) is 1. The maximum absolute atomic E-state index is 12.8. The Kier molecular flexibility index (Phi) is 5.93. The SMILES string of the molecule is CCOc1cc(C(=O)N(C)C2CC3CCC(C2)N3)ccc1C.Cl. The van der Waals surface area contributed by atoms with Gasteiger partial charge < -0.3 is 15.0 Å². The Morgan fingerprint density at radius 2 is 1.96 bits per heavy atom. The number of benzene rings is 1. The van der Waals surface area contributed by atoms with Crippen LogP contribution in [0.1, 0.15) is 48.5 Å². The topological polar surface area (TPSA) is 41.6 Å². The van der Waals surface area contributed by atoms with Crippen LogP contribution >= 0.6 is 12.4 Å². The first-order valence-electron chi connectivity index (χ1n) is 8.35. The number of carbonyl (C=O) groups excluding carboxylic acids is 1. The molecule has 2 unspecified atom stereocenters. The van der Waals surface area contributed by atoms with Gasteiger partial charge in [0.1, 0.15) is 5.75 Å². The largest absolute Gasteiger partial charge is 0.494 e. The molecular formula is C18H27ClN2O2. The lowest BCUT2D eigenvalue weighted by Gasteiger charge is -2.35. The van der Waals surface area contributed by atoms with Gasteiger partial charge in [-0.25, -0.2) is 0 Å². The first kappa shape index (κ1) is 18.1. The summed E-state index contributed by atoms with van der Waals surface area (Å²) in [7, 11) is 1.94. The first-order chi connectivity index (χ1) is 10.6. The van der Waals surface area contributed by atoms with Crippen LogP contribution in [0.3, 0.4) is 0 Å². The highest BCUT2D eigenvalue weighted by molar-refractivity contribution is 5.94. The van der Waals surface area contributed by atoms with Gasteiger partial charge in [-0.2, -0.15) is 0 Å². The molecule has 3 rings (SSSR count). The average molecular weight is 339 g/mol. The van der Waals surface area contributed by atoms with Gasteiger partial charge in [-0.1, -0.05) is 6.07 Å². The van der Waals surface area contributed by atoms with Crippen LogP contribution in [0.4, 0.5) is 0 Å². The summed E-state index contributed by atoms with van der Waals surface area (Å²) in [5, 5.41) is 3.63. The van der Waals surface area contributed by atoms with Crippen LogP contribution in [-0.2, 0) is 0 Å². The second kappa shape index (κ2) is 7.54. The highest BCUT2D eigenvalue weighted by Gasteiger charge is 2.36. The lowest BCUT2D eigenvalue weighted by molar-refractivity contribution is 0.0681. The van der Waals surface area contributed by atoms with Gasteiger partial charge in [0.25, 0.3) is 5.91 Å². The Labute approximate surface area is 145 Å². The van der Waals surface area contributed by atoms with Crippen molar-refractivity contribution < 1.29 is 9.53 Å². The van der Waals surface area contributed by atoms with Crippen LogP contribution in [-0.4, -0.2) is 42.6 Å². The van der Waals surface area contributed by atoms with E-state index < -0.39 is 0 Å². The van der Waals surface area contributed by atoms with E-state index in [2.05, 4.69) is 5.32 Å². The predicted octanol–water partition coefficient (Wildman–Crippen LogP) is 3.17. The molecule has 1 amide bonds. The summed E-state index contributed by atoms with van der Waals surface area (Å²) in [4.78, 5) is 14.7. The van der Waals surface area contributed by atoms with E-state index in [0.717, 1.165) is 29.7 Å². The minimum Gasteiger partial charge on any atom is -0.494 e. The Bertz CT molecular complexity index is 552. The molecule has 5 heteroatoms.